The van der Waals surface area contributed by atoms with Crippen molar-refractivity contribution in [2.24, 2.45) is 41.2 Å². The first-order valence-electron chi connectivity index (χ1n) is 18.7. The standard InChI is InChI=1S/C41H61NO5S2/c1-29(44)40(41(46)47)39-20-19-33-13-5-6-14-36(33)27-48-49-28-37(24-31-11-7-12-32(23-31)26-43)34(17-18-35(39)21-22-42)15-8-16-38(45)25-30-9-3-2-4-10-30/h5-8,11-14,16,23,29-30,34-35,37-40,43-45H,2-4,9-10,15,17-22,24-28,42H2,1H3,(H,46,47). The smallest absolute Gasteiger partial charge is 0.309 e. The van der Waals surface area contributed by atoms with Crippen molar-refractivity contribution in [2.75, 3.05) is 12.3 Å². The molecule has 2 aliphatic rings. The first-order chi connectivity index (χ1) is 23.8. The van der Waals surface area contributed by atoms with Crippen LogP contribution in [0.2, 0.25) is 0 Å². The van der Waals surface area contributed by atoms with E-state index in [0.717, 1.165) is 62.0 Å². The van der Waals surface area contributed by atoms with E-state index in [1.54, 1.807) is 6.92 Å². The molecule has 7 unspecified atom stereocenters. The molecule has 0 aromatic heterocycles. The molecule has 0 amide bonds. The zero-order valence-corrected chi connectivity index (χ0v) is 31.1. The summed E-state index contributed by atoms with van der Waals surface area (Å²) in [6.07, 6.45) is 15.6. The Hall–Kier alpha value is -1.81. The molecule has 6 nitrogen and oxygen atoms in total. The van der Waals surface area contributed by atoms with Crippen molar-refractivity contribution in [3.8, 4) is 0 Å². The Kier molecular flexibility index (Phi) is 17.6. The van der Waals surface area contributed by atoms with Crippen LogP contribution >= 0.6 is 21.6 Å². The molecule has 8 heteroatoms. The van der Waals surface area contributed by atoms with Gasteiger partial charge in [0.2, 0.25) is 0 Å². The van der Waals surface area contributed by atoms with E-state index in [1.165, 1.54) is 48.8 Å². The molecule has 2 aromatic rings. The third-order valence-corrected chi connectivity index (χ3v) is 13.6. The fourth-order valence-corrected chi connectivity index (χ4v) is 11.1. The first kappa shape index (κ1) is 40.0. The van der Waals surface area contributed by atoms with Gasteiger partial charge in [-0.15, -0.1) is 0 Å². The molecule has 2 aromatic carbocycles. The number of hydrogen-bond donors (Lipinski definition) is 5. The van der Waals surface area contributed by atoms with Gasteiger partial charge < -0.3 is 26.2 Å². The van der Waals surface area contributed by atoms with Gasteiger partial charge in [-0.2, -0.15) is 0 Å². The van der Waals surface area contributed by atoms with Gasteiger partial charge in [-0.1, -0.05) is 114 Å². The molecule has 4 rings (SSSR count). The first-order valence-corrected chi connectivity index (χ1v) is 21.2. The molecule has 1 aliphatic heterocycles. The lowest BCUT2D eigenvalue weighted by atomic mass is 9.71. The Morgan fingerprint density at radius 2 is 1.65 bits per heavy atom. The SMILES string of the molecule is CC(O)C(C(=O)O)C1CCc2ccccc2CSSCC(Cc2cccc(CO)c2)C(CC=CC(O)CC2CCCCC2)CCC1CCN. The van der Waals surface area contributed by atoms with Crippen LogP contribution in [0.5, 0.6) is 0 Å². The largest absolute Gasteiger partial charge is 0.481 e. The van der Waals surface area contributed by atoms with E-state index in [1.807, 2.05) is 39.8 Å². The van der Waals surface area contributed by atoms with Crippen molar-refractivity contribution >= 4 is 27.6 Å². The third-order valence-electron chi connectivity index (χ3n) is 11.2. The highest BCUT2D eigenvalue weighted by atomic mass is 33.1. The molecule has 1 heterocycles. The molecule has 6 N–H and O–H groups in total. The Bertz CT molecular complexity index is 1280. The van der Waals surface area contributed by atoms with Crippen LogP contribution in [0, 0.1) is 35.5 Å². The zero-order valence-electron chi connectivity index (χ0n) is 29.5. The minimum Gasteiger partial charge on any atom is -0.481 e. The monoisotopic (exact) mass is 711 g/mol. The summed E-state index contributed by atoms with van der Waals surface area (Å²) >= 11 is 0. The van der Waals surface area contributed by atoms with Gasteiger partial charge in [-0.3, -0.25) is 4.79 Å². The average molecular weight is 712 g/mol. The summed E-state index contributed by atoms with van der Waals surface area (Å²) in [6, 6.07) is 16.8. The van der Waals surface area contributed by atoms with Crippen LogP contribution in [0.15, 0.2) is 60.7 Å². The molecule has 1 aliphatic carbocycles. The van der Waals surface area contributed by atoms with Crippen LogP contribution in [-0.4, -0.2) is 50.9 Å². The molecule has 49 heavy (non-hydrogen) atoms. The molecule has 272 valence electrons. The number of carbonyl (C=O) groups is 1. The average Bonchev–Trinajstić information content (AvgIpc) is 3.09. The summed E-state index contributed by atoms with van der Waals surface area (Å²) in [7, 11) is 3.82. The topological polar surface area (TPSA) is 124 Å². The minimum absolute atomic E-state index is 0.0176. The number of rotatable bonds is 13. The second-order valence-corrected chi connectivity index (χ2v) is 17.2. The highest BCUT2D eigenvalue weighted by molar-refractivity contribution is 8.76. The number of hydrogen-bond acceptors (Lipinski definition) is 7. The number of allylic oxidation sites excluding steroid dienone is 1. The Labute approximate surface area is 303 Å². The number of carboxylic acid groups (broad SMARTS) is 1. The number of fused-ring (bicyclic) bond motifs is 1. The molecular weight excluding hydrogens is 651 g/mol. The summed E-state index contributed by atoms with van der Waals surface area (Å²) in [5.41, 5.74) is 10.9. The number of aliphatic hydroxyl groups is 3. The summed E-state index contributed by atoms with van der Waals surface area (Å²) in [5.74, 6) is 1.19. The van der Waals surface area contributed by atoms with Crippen LogP contribution in [-0.2, 0) is 30.0 Å². The van der Waals surface area contributed by atoms with E-state index in [2.05, 4.69) is 42.5 Å². The third kappa shape index (κ3) is 13.0. The van der Waals surface area contributed by atoms with E-state index >= 15 is 0 Å². The van der Waals surface area contributed by atoms with Crippen LogP contribution in [0.3, 0.4) is 0 Å². The van der Waals surface area contributed by atoms with Crippen molar-refractivity contribution in [3.63, 3.8) is 0 Å². The van der Waals surface area contributed by atoms with E-state index in [0.29, 0.717) is 30.7 Å². The Balaban J connectivity index is 1.65. The molecular formula is C41H61NO5S2. The van der Waals surface area contributed by atoms with Gasteiger partial charge >= 0.3 is 5.97 Å². The fraction of sp³-hybridized carbons (Fsp3) is 0.634. The highest BCUT2D eigenvalue weighted by Gasteiger charge is 2.37. The quantitative estimate of drug-likeness (QED) is 0.104. The van der Waals surface area contributed by atoms with E-state index in [-0.39, 0.29) is 18.4 Å². The van der Waals surface area contributed by atoms with Crippen LogP contribution in [0.25, 0.3) is 0 Å². The van der Waals surface area contributed by atoms with Crippen molar-refractivity contribution in [1.82, 2.24) is 0 Å². The van der Waals surface area contributed by atoms with Crippen LogP contribution in [0.4, 0.5) is 0 Å². The number of aryl methyl sites for hydroxylation is 1. The van der Waals surface area contributed by atoms with Gasteiger partial charge in [0.25, 0.3) is 0 Å². The molecule has 1 saturated carbocycles. The number of carboxylic acids is 1. The minimum atomic E-state index is -0.959. The van der Waals surface area contributed by atoms with Gasteiger partial charge in [-0.25, -0.2) is 0 Å². The predicted octanol–water partition coefficient (Wildman–Crippen LogP) is 8.20. The fourth-order valence-electron chi connectivity index (χ4n) is 8.49. The summed E-state index contributed by atoms with van der Waals surface area (Å²) < 4.78 is 0. The van der Waals surface area contributed by atoms with E-state index < -0.39 is 24.1 Å². The Morgan fingerprint density at radius 1 is 0.918 bits per heavy atom. The number of aliphatic hydroxyl groups excluding tert-OH is 3. The normalized spacial score (nSPS) is 25.2. The molecule has 1 fully saturated rings. The van der Waals surface area contributed by atoms with E-state index in [4.69, 9.17) is 5.73 Å². The molecule has 0 bridgehead atoms. The lowest BCUT2D eigenvalue weighted by Gasteiger charge is -2.35. The van der Waals surface area contributed by atoms with Gasteiger partial charge in [0, 0.05) is 11.5 Å². The van der Waals surface area contributed by atoms with Crippen molar-refractivity contribution in [3.05, 3.63) is 82.9 Å². The van der Waals surface area contributed by atoms with Crippen molar-refractivity contribution in [1.29, 1.82) is 0 Å². The molecule has 0 radical (unpaired) electrons. The number of nitrogens with two attached hydrogens (primary N) is 1. The van der Waals surface area contributed by atoms with E-state index in [9.17, 15) is 25.2 Å². The second-order valence-electron chi connectivity index (χ2n) is 14.7. The van der Waals surface area contributed by atoms with Crippen molar-refractivity contribution < 1.29 is 25.2 Å². The van der Waals surface area contributed by atoms with Crippen LogP contribution < -0.4 is 5.73 Å². The molecule has 0 saturated heterocycles. The van der Waals surface area contributed by atoms with Gasteiger partial charge in [0.05, 0.1) is 24.7 Å². The highest BCUT2D eigenvalue weighted by Crippen LogP contribution is 2.40. The maximum absolute atomic E-state index is 12.7. The summed E-state index contributed by atoms with van der Waals surface area (Å²) in [5, 5.41) is 42.0. The summed E-state index contributed by atoms with van der Waals surface area (Å²) in [6.45, 7) is 2.11. The van der Waals surface area contributed by atoms with Crippen LogP contribution in [0.1, 0.15) is 99.8 Å². The maximum Gasteiger partial charge on any atom is 0.309 e. The number of benzene rings is 2. The van der Waals surface area contributed by atoms with Gasteiger partial charge in [0.15, 0.2) is 0 Å². The summed E-state index contributed by atoms with van der Waals surface area (Å²) in [4.78, 5) is 12.7. The zero-order chi connectivity index (χ0) is 35.0. The van der Waals surface area contributed by atoms with Gasteiger partial charge in [0.1, 0.15) is 0 Å². The Morgan fingerprint density at radius 3 is 2.37 bits per heavy atom. The van der Waals surface area contributed by atoms with Gasteiger partial charge in [-0.05, 0) is 117 Å². The molecule has 0 spiro atoms. The molecule has 7 atom stereocenters. The lowest BCUT2D eigenvalue weighted by molar-refractivity contribution is -0.149. The second kappa shape index (κ2) is 21.5. The predicted molar refractivity (Wildman–Crippen MR) is 205 cm³/mol. The maximum atomic E-state index is 12.7. The lowest BCUT2D eigenvalue weighted by Crippen LogP contribution is -2.38. The van der Waals surface area contributed by atoms with Crippen molar-refractivity contribution in [2.45, 2.75) is 115 Å². The number of aliphatic carboxylic acids is 1.